The maximum Gasteiger partial charge on any atom is 0.0454 e. The van der Waals surface area contributed by atoms with Crippen molar-refractivity contribution in [1.82, 2.24) is 4.90 Å². The molecule has 0 aromatic heterocycles. The second-order valence-electron chi connectivity index (χ2n) is 1.49. The fourth-order valence-electron chi connectivity index (χ4n) is 0.482. The van der Waals surface area contributed by atoms with E-state index in [4.69, 9.17) is 5.73 Å². The second kappa shape index (κ2) is 22.5. The molecule has 0 spiro atoms. The summed E-state index contributed by atoms with van der Waals surface area (Å²) in [5.74, 6) is 0. The molecular formula is C9H30N2. The summed E-state index contributed by atoms with van der Waals surface area (Å²) in [7, 11) is 0. The van der Waals surface area contributed by atoms with Crippen LogP contribution in [0.15, 0.2) is 0 Å². The van der Waals surface area contributed by atoms with Gasteiger partial charge in [0.25, 0.3) is 0 Å². The Morgan fingerprint density at radius 2 is 1.18 bits per heavy atom. The summed E-state index contributed by atoms with van der Waals surface area (Å²) >= 11 is 0. The van der Waals surface area contributed by atoms with Gasteiger partial charge in [0.1, 0.15) is 0 Å². The number of hydrogen-bond donors (Lipinski definition) is 1. The fraction of sp³-hybridized carbons (Fsp3) is 1.00. The van der Waals surface area contributed by atoms with Crippen molar-refractivity contribution in [2.75, 3.05) is 19.8 Å². The van der Waals surface area contributed by atoms with Gasteiger partial charge in [0.2, 0.25) is 0 Å². The molecule has 0 aliphatic carbocycles. The third-order valence-electron chi connectivity index (χ3n) is 1.15. The van der Waals surface area contributed by atoms with Gasteiger partial charge < -0.3 is 5.73 Å². The Balaban J connectivity index is -0.0000000300. The summed E-state index contributed by atoms with van der Waals surface area (Å²) in [5, 5.41) is 0. The van der Waals surface area contributed by atoms with Gasteiger partial charge in [0.15, 0.2) is 0 Å². The highest BCUT2D eigenvalue weighted by molar-refractivity contribution is 4.42. The molecule has 2 heteroatoms. The quantitative estimate of drug-likeness (QED) is 0.653. The Morgan fingerprint density at radius 3 is 1.18 bits per heavy atom. The zero-order valence-corrected chi connectivity index (χ0v) is 5.15. The molecule has 0 aliphatic heterocycles. The lowest BCUT2D eigenvalue weighted by molar-refractivity contribution is 0.313. The van der Waals surface area contributed by atoms with Crippen LogP contribution in [0.25, 0.3) is 0 Å². The van der Waals surface area contributed by atoms with Gasteiger partial charge in [-0.25, -0.2) is 0 Å². The Bertz CT molecular complexity index is 29.0. The zero-order chi connectivity index (χ0) is 5.70. The molecule has 0 radical (unpaired) electrons. The molecule has 0 unspecified atom stereocenters. The van der Waals surface area contributed by atoms with Crippen LogP contribution in [0.4, 0.5) is 0 Å². The molecule has 0 saturated heterocycles. The summed E-state index contributed by atoms with van der Waals surface area (Å²) in [6.07, 6.45) is 0. The lowest BCUT2D eigenvalue weighted by Crippen LogP contribution is -2.29. The molecule has 0 heterocycles. The van der Waals surface area contributed by atoms with Gasteiger partial charge in [-0.15, -0.1) is 0 Å². The monoisotopic (exact) mass is 166 g/mol. The van der Waals surface area contributed by atoms with Crippen LogP contribution in [0.5, 0.6) is 0 Å². The van der Waals surface area contributed by atoms with Gasteiger partial charge in [0.05, 0.1) is 0 Å². The zero-order valence-electron chi connectivity index (χ0n) is 5.15. The average Bonchev–Trinajstić information content (AvgIpc) is 1.72. The highest BCUT2D eigenvalue weighted by atomic mass is 15.2. The summed E-state index contributed by atoms with van der Waals surface area (Å²) < 4.78 is 0. The molecule has 2 nitrogen and oxygen atoms in total. The normalized spacial score (nSPS) is 6.55. The van der Waals surface area contributed by atoms with Crippen LogP contribution in [0.3, 0.4) is 0 Å². The molecule has 76 valence electrons. The van der Waals surface area contributed by atoms with E-state index in [9.17, 15) is 0 Å². The van der Waals surface area contributed by atoms with Crippen molar-refractivity contribution in [3.63, 3.8) is 0 Å². The van der Waals surface area contributed by atoms with Crippen LogP contribution in [-0.4, -0.2) is 24.7 Å². The first kappa shape index (κ1) is 30.7. The van der Waals surface area contributed by atoms with E-state index in [0.717, 1.165) is 13.1 Å². The predicted molar refractivity (Wildman–Crippen MR) is 58.9 cm³/mol. The summed E-state index contributed by atoms with van der Waals surface area (Å²) in [6.45, 7) is 7.03. The van der Waals surface area contributed by atoms with Crippen LogP contribution in [0.1, 0.15) is 43.6 Å². The Morgan fingerprint density at radius 1 is 0.909 bits per heavy atom. The maximum atomic E-state index is 5.32. The molecule has 0 atom stereocenters. The molecule has 0 amide bonds. The predicted octanol–water partition coefficient (Wildman–Crippen LogP) is 2.79. The molecule has 2 N–H and O–H groups in total. The van der Waals surface area contributed by atoms with E-state index in [2.05, 4.69) is 18.7 Å². The number of nitrogens with two attached hydrogens (primary N) is 1. The maximum absolute atomic E-state index is 5.32. The van der Waals surface area contributed by atoms with Crippen molar-refractivity contribution >= 4 is 0 Å². The van der Waals surface area contributed by atoms with Gasteiger partial charge in [-0.2, -0.15) is 0 Å². The smallest absolute Gasteiger partial charge is 0.0454 e. The fourth-order valence-corrected chi connectivity index (χ4v) is 0.482. The average molecular weight is 166 g/mol. The molecule has 0 aliphatic rings. The lowest BCUT2D eigenvalue weighted by Gasteiger charge is -2.13. The second-order valence-corrected chi connectivity index (χ2v) is 1.49. The van der Waals surface area contributed by atoms with Crippen molar-refractivity contribution in [2.24, 2.45) is 5.73 Å². The van der Waals surface area contributed by atoms with E-state index in [0.29, 0.717) is 6.67 Å². The number of rotatable bonds is 3. The van der Waals surface area contributed by atoms with Gasteiger partial charge in [0, 0.05) is 6.67 Å². The highest BCUT2D eigenvalue weighted by Crippen LogP contribution is 1.77. The molecular weight excluding hydrogens is 136 g/mol. The Kier molecular flexibility index (Phi) is 62.8. The van der Waals surface area contributed by atoms with Gasteiger partial charge in [-0.1, -0.05) is 43.6 Å². The largest absolute Gasteiger partial charge is 0.318 e. The van der Waals surface area contributed by atoms with Gasteiger partial charge >= 0.3 is 0 Å². The molecule has 11 heavy (non-hydrogen) atoms. The van der Waals surface area contributed by atoms with E-state index in [1.807, 2.05) is 0 Å². The number of hydrogen-bond acceptors (Lipinski definition) is 2. The third kappa shape index (κ3) is 17.8. The SMILES string of the molecule is C.C.C.C.CCN(CC)CN. The molecule has 0 fully saturated rings. The van der Waals surface area contributed by atoms with Crippen molar-refractivity contribution in [3.8, 4) is 0 Å². The third-order valence-corrected chi connectivity index (χ3v) is 1.15. The van der Waals surface area contributed by atoms with E-state index < -0.39 is 0 Å². The minimum absolute atomic E-state index is 0. The van der Waals surface area contributed by atoms with Gasteiger partial charge in [-0.3, -0.25) is 4.90 Å². The van der Waals surface area contributed by atoms with E-state index in [1.54, 1.807) is 0 Å². The molecule has 0 rings (SSSR count). The molecule has 0 saturated carbocycles. The molecule has 0 aromatic rings. The van der Waals surface area contributed by atoms with E-state index in [-0.39, 0.29) is 29.7 Å². The van der Waals surface area contributed by atoms with E-state index >= 15 is 0 Å². The first-order valence-electron chi connectivity index (χ1n) is 2.77. The summed E-state index contributed by atoms with van der Waals surface area (Å²) in [4.78, 5) is 2.15. The highest BCUT2D eigenvalue weighted by Gasteiger charge is 1.89. The van der Waals surface area contributed by atoms with Crippen molar-refractivity contribution < 1.29 is 0 Å². The standard InChI is InChI=1S/C5H14N2.4CH4/c1-3-7(4-2)5-6;;;;/h3-6H2,1-2H3;4*1H4. The van der Waals surface area contributed by atoms with Crippen molar-refractivity contribution in [2.45, 2.75) is 43.6 Å². The van der Waals surface area contributed by atoms with Crippen molar-refractivity contribution in [3.05, 3.63) is 0 Å². The van der Waals surface area contributed by atoms with Crippen LogP contribution >= 0.6 is 0 Å². The van der Waals surface area contributed by atoms with Crippen LogP contribution < -0.4 is 5.73 Å². The van der Waals surface area contributed by atoms with E-state index in [1.165, 1.54) is 0 Å². The van der Waals surface area contributed by atoms with Crippen molar-refractivity contribution in [1.29, 1.82) is 0 Å². The first-order chi connectivity index (χ1) is 3.35. The van der Waals surface area contributed by atoms with Crippen LogP contribution in [0, 0.1) is 0 Å². The minimum Gasteiger partial charge on any atom is -0.318 e. The van der Waals surface area contributed by atoms with Gasteiger partial charge in [-0.05, 0) is 13.1 Å². The topological polar surface area (TPSA) is 29.3 Å². The van der Waals surface area contributed by atoms with Crippen LogP contribution in [-0.2, 0) is 0 Å². The minimum atomic E-state index is 0. The summed E-state index contributed by atoms with van der Waals surface area (Å²) in [6, 6.07) is 0. The number of nitrogens with zero attached hydrogens (tertiary/aromatic N) is 1. The molecule has 0 bridgehead atoms. The first-order valence-corrected chi connectivity index (χ1v) is 2.77. The lowest BCUT2D eigenvalue weighted by atomic mass is 10.6. The molecule has 0 aromatic carbocycles. The Labute approximate surface area is 74.8 Å². The Hall–Kier alpha value is -0.0800. The summed E-state index contributed by atoms with van der Waals surface area (Å²) in [5.41, 5.74) is 5.32. The van der Waals surface area contributed by atoms with Crippen LogP contribution in [0.2, 0.25) is 0 Å².